The van der Waals surface area contributed by atoms with Crippen molar-refractivity contribution in [2.24, 2.45) is 0 Å². The van der Waals surface area contributed by atoms with E-state index in [2.05, 4.69) is 28.1 Å². The number of terminal acetylenes is 1. The van der Waals surface area contributed by atoms with Crippen molar-refractivity contribution in [2.45, 2.75) is 19.4 Å². The van der Waals surface area contributed by atoms with E-state index in [1.165, 1.54) is 5.56 Å². The Balaban J connectivity index is 2.01. The third kappa shape index (κ3) is 3.56. The fourth-order valence-electron chi connectivity index (χ4n) is 0.941. The number of unbranched alkanes of at least 4 members (excludes halogenated alkanes) is 1. The summed E-state index contributed by atoms with van der Waals surface area (Å²) >= 11 is 1.74. The Morgan fingerprint density at radius 3 is 3.17 bits per heavy atom. The summed E-state index contributed by atoms with van der Waals surface area (Å²) in [6, 6.07) is 2.14. The number of hydrogen-bond acceptors (Lipinski definition) is 2. The summed E-state index contributed by atoms with van der Waals surface area (Å²) in [4.78, 5) is 0. The minimum absolute atomic E-state index is 0.872. The minimum Gasteiger partial charge on any atom is -0.313 e. The van der Waals surface area contributed by atoms with Crippen molar-refractivity contribution >= 4 is 11.3 Å². The van der Waals surface area contributed by atoms with Crippen molar-refractivity contribution in [2.75, 3.05) is 6.54 Å². The van der Waals surface area contributed by atoms with E-state index in [1.807, 2.05) is 0 Å². The highest BCUT2D eigenvalue weighted by Gasteiger charge is 1.90. The lowest BCUT2D eigenvalue weighted by Crippen LogP contribution is -2.13. The molecule has 2 heteroatoms. The van der Waals surface area contributed by atoms with Gasteiger partial charge < -0.3 is 5.32 Å². The van der Waals surface area contributed by atoms with E-state index < -0.39 is 0 Å². The summed E-state index contributed by atoms with van der Waals surface area (Å²) in [5.74, 6) is 2.62. The molecule has 0 aliphatic rings. The zero-order chi connectivity index (χ0) is 8.65. The van der Waals surface area contributed by atoms with Crippen LogP contribution in [-0.4, -0.2) is 6.54 Å². The molecule has 1 N–H and O–H groups in total. The fourth-order valence-corrected chi connectivity index (χ4v) is 1.61. The van der Waals surface area contributed by atoms with Crippen LogP contribution in [0, 0.1) is 12.3 Å². The van der Waals surface area contributed by atoms with Crippen LogP contribution in [0.15, 0.2) is 16.8 Å². The van der Waals surface area contributed by atoms with Crippen LogP contribution in [0.3, 0.4) is 0 Å². The van der Waals surface area contributed by atoms with Gasteiger partial charge in [0, 0.05) is 13.0 Å². The number of hydrogen-bond donors (Lipinski definition) is 1. The predicted octanol–water partition coefficient (Wildman–Crippen LogP) is 2.25. The first-order valence-electron chi connectivity index (χ1n) is 4.08. The molecular formula is C10H13NS. The van der Waals surface area contributed by atoms with E-state index in [-0.39, 0.29) is 0 Å². The molecule has 12 heavy (non-hydrogen) atoms. The van der Waals surface area contributed by atoms with Crippen LogP contribution in [0.2, 0.25) is 0 Å². The first-order chi connectivity index (χ1) is 5.93. The van der Waals surface area contributed by atoms with Gasteiger partial charge >= 0.3 is 0 Å². The molecule has 0 radical (unpaired) electrons. The Morgan fingerprint density at radius 1 is 1.58 bits per heavy atom. The Hall–Kier alpha value is -0.780. The van der Waals surface area contributed by atoms with Gasteiger partial charge in [-0.3, -0.25) is 0 Å². The molecule has 0 saturated heterocycles. The molecular weight excluding hydrogens is 166 g/mol. The van der Waals surface area contributed by atoms with Crippen LogP contribution < -0.4 is 5.32 Å². The van der Waals surface area contributed by atoms with Crippen LogP contribution in [0.1, 0.15) is 18.4 Å². The highest BCUT2D eigenvalue weighted by molar-refractivity contribution is 7.07. The van der Waals surface area contributed by atoms with E-state index >= 15 is 0 Å². The normalized spacial score (nSPS) is 9.58. The van der Waals surface area contributed by atoms with Gasteiger partial charge in [-0.25, -0.2) is 0 Å². The molecule has 1 aromatic rings. The molecule has 0 atom stereocenters. The maximum atomic E-state index is 5.13. The van der Waals surface area contributed by atoms with Gasteiger partial charge in [0.05, 0.1) is 0 Å². The first kappa shape index (κ1) is 9.31. The minimum atomic E-state index is 0.872. The fraction of sp³-hybridized carbons (Fsp3) is 0.400. The highest BCUT2D eigenvalue weighted by atomic mass is 32.1. The quantitative estimate of drug-likeness (QED) is 0.540. The molecule has 0 bridgehead atoms. The van der Waals surface area contributed by atoms with Crippen LogP contribution in [-0.2, 0) is 6.54 Å². The smallest absolute Gasteiger partial charge is 0.0213 e. The second-order valence-corrected chi connectivity index (χ2v) is 3.40. The maximum Gasteiger partial charge on any atom is 0.0213 e. The standard InChI is InChI=1S/C10H13NS/c1-2-3-4-6-11-8-10-5-7-12-9-10/h1,5,7,9,11H,3-4,6,8H2. The average Bonchev–Trinajstić information content (AvgIpc) is 2.57. The Labute approximate surface area is 77.8 Å². The Bertz CT molecular complexity index is 233. The molecule has 0 spiro atoms. The summed E-state index contributed by atoms with van der Waals surface area (Å²) in [7, 11) is 0. The zero-order valence-corrected chi connectivity index (χ0v) is 7.86. The molecule has 0 aliphatic carbocycles. The maximum absolute atomic E-state index is 5.13. The van der Waals surface area contributed by atoms with Crippen molar-refractivity contribution in [3.63, 3.8) is 0 Å². The summed E-state index contributed by atoms with van der Waals surface area (Å²) in [6.07, 6.45) is 7.07. The molecule has 1 heterocycles. The summed E-state index contributed by atoms with van der Waals surface area (Å²) < 4.78 is 0. The molecule has 1 rings (SSSR count). The molecule has 0 aromatic carbocycles. The second kappa shape index (κ2) is 5.82. The van der Waals surface area contributed by atoms with Crippen molar-refractivity contribution in [3.05, 3.63) is 22.4 Å². The van der Waals surface area contributed by atoms with Gasteiger partial charge in [0.15, 0.2) is 0 Å². The van der Waals surface area contributed by atoms with Gasteiger partial charge in [0.25, 0.3) is 0 Å². The molecule has 64 valence electrons. The van der Waals surface area contributed by atoms with Crippen LogP contribution in [0.5, 0.6) is 0 Å². The molecule has 1 nitrogen and oxygen atoms in total. The highest BCUT2D eigenvalue weighted by Crippen LogP contribution is 2.04. The topological polar surface area (TPSA) is 12.0 Å². The van der Waals surface area contributed by atoms with E-state index in [0.717, 1.165) is 25.9 Å². The number of thiophene rings is 1. The lowest BCUT2D eigenvalue weighted by atomic mass is 10.3. The molecule has 0 fully saturated rings. The first-order valence-corrected chi connectivity index (χ1v) is 5.03. The zero-order valence-electron chi connectivity index (χ0n) is 7.05. The largest absolute Gasteiger partial charge is 0.313 e. The van der Waals surface area contributed by atoms with Crippen molar-refractivity contribution in [1.82, 2.24) is 5.32 Å². The predicted molar refractivity (Wildman–Crippen MR) is 54.1 cm³/mol. The van der Waals surface area contributed by atoms with Gasteiger partial charge in [-0.2, -0.15) is 11.3 Å². The average molecular weight is 179 g/mol. The molecule has 0 saturated carbocycles. The third-order valence-electron chi connectivity index (χ3n) is 1.58. The number of rotatable bonds is 5. The van der Waals surface area contributed by atoms with Crippen LogP contribution in [0.4, 0.5) is 0 Å². The van der Waals surface area contributed by atoms with Crippen molar-refractivity contribution in [3.8, 4) is 12.3 Å². The lowest BCUT2D eigenvalue weighted by molar-refractivity contribution is 0.660. The third-order valence-corrected chi connectivity index (χ3v) is 2.32. The van der Waals surface area contributed by atoms with Crippen molar-refractivity contribution in [1.29, 1.82) is 0 Å². The van der Waals surface area contributed by atoms with Crippen molar-refractivity contribution < 1.29 is 0 Å². The number of nitrogens with one attached hydrogen (secondary N) is 1. The molecule has 0 unspecified atom stereocenters. The Kier molecular flexibility index (Phi) is 4.51. The van der Waals surface area contributed by atoms with E-state index in [4.69, 9.17) is 6.42 Å². The van der Waals surface area contributed by atoms with Gasteiger partial charge in [0.1, 0.15) is 0 Å². The van der Waals surface area contributed by atoms with Gasteiger partial charge in [-0.05, 0) is 35.4 Å². The van der Waals surface area contributed by atoms with Crippen LogP contribution in [0.25, 0.3) is 0 Å². The molecule has 1 aromatic heterocycles. The SMILES string of the molecule is C#CCCCNCc1ccsc1. The summed E-state index contributed by atoms with van der Waals surface area (Å²) in [5.41, 5.74) is 1.36. The van der Waals surface area contributed by atoms with Gasteiger partial charge in [0.2, 0.25) is 0 Å². The van der Waals surface area contributed by atoms with E-state index in [1.54, 1.807) is 11.3 Å². The van der Waals surface area contributed by atoms with E-state index in [9.17, 15) is 0 Å². The summed E-state index contributed by atoms with van der Waals surface area (Å²) in [5, 5.41) is 7.59. The molecule has 0 aliphatic heterocycles. The van der Waals surface area contributed by atoms with Gasteiger partial charge in [-0.15, -0.1) is 12.3 Å². The Morgan fingerprint density at radius 2 is 2.50 bits per heavy atom. The van der Waals surface area contributed by atoms with E-state index in [0.29, 0.717) is 0 Å². The molecule has 0 amide bonds. The lowest BCUT2D eigenvalue weighted by Gasteiger charge is -1.99. The second-order valence-electron chi connectivity index (χ2n) is 2.62. The van der Waals surface area contributed by atoms with Crippen LogP contribution >= 0.6 is 11.3 Å². The monoisotopic (exact) mass is 179 g/mol. The summed E-state index contributed by atoms with van der Waals surface area (Å²) in [6.45, 7) is 1.98. The van der Waals surface area contributed by atoms with Gasteiger partial charge in [-0.1, -0.05) is 0 Å².